The van der Waals surface area contributed by atoms with Crippen LogP contribution >= 0.6 is 0 Å². The molecule has 0 heterocycles. The number of hydrogen-bond donors (Lipinski definition) is 2. The summed E-state index contributed by atoms with van der Waals surface area (Å²) in [7, 11) is 0. The fourth-order valence-corrected chi connectivity index (χ4v) is 6.24. The molecule has 2 nitrogen and oxygen atoms in total. The first-order chi connectivity index (χ1) is 16.2. The average molecular weight is 507 g/mol. The van der Waals surface area contributed by atoms with Crippen LogP contribution in [0.4, 0.5) is 26.3 Å². The number of alkyl halides is 6. The number of aliphatic hydroxyl groups excluding tert-OH is 1. The highest BCUT2D eigenvalue weighted by Crippen LogP contribution is 2.55. The van der Waals surface area contributed by atoms with Crippen molar-refractivity contribution in [3.63, 3.8) is 0 Å². The van der Waals surface area contributed by atoms with E-state index < -0.39 is 18.0 Å². The van der Waals surface area contributed by atoms with Crippen LogP contribution in [-0.4, -0.2) is 34.3 Å². The van der Waals surface area contributed by atoms with Crippen LogP contribution in [0.15, 0.2) is 47.1 Å². The van der Waals surface area contributed by atoms with Gasteiger partial charge in [0.25, 0.3) is 5.60 Å². The van der Waals surface area contributed by atoms with Crippen molar-refractivity contribution in [2.45, 2.75) is 102 Å². The monoisotopic (exact) mass is 506 g/mol. The lowest BCUT2D eigenvalue weighted by Crippen LogP contribution is -2.55. The van der Waals surface area contributed by atoms with Gasteiger partial charge in [0.15, 0.2) is 0 Å². The van der Waals surface area contributed by atoms with Crippen LogP contribution in [0.1, 0.15) is 78.1 Å². The van der Waals surface area contributed by atoms with Crippen LogP contribution in [0.3, 0.4) is 0 Å². The van der Waals surface area contributed by atoms with Gasteiger partial charge in [0.05, 0.1) is 6.10 Å². The van der Waals surface area contributed by atoms with E-state index in [1.54, 1.807) is 0 Å². The van der Waals surface area contributed by atoms with Gasteiger partial charge in [-0.15, -0.1) is 0 Å². The van der Waals surface area contributed by atoms with Gasteiger partial charge >= 0.3 is 12.4 Å². The van der Waals surface area contributed by atoms with E-state index in [1.165, 1.54) is 11.1 Å². The molecule has 0 aliphatic heterocycles. The molecule has 35 heavy (non-hydrogen) atoms. The molecule has 3 aliphatic carbocycles. The minimum absolute atomic E-state index is 0.0242. The Hall–Kier alpha value is -1.54. The summed E-state index contributed by atoms with van der Waals surface area (Å²) in [4.78, 5) is 0. The lowest BCUT2D eigenvalue weighted by atomic mass is 9.55. The topological polar surface area (TPSA) is 40.5 Å². The number of aliphatic hydroxyl groups is 2. The van der Waals surface area contributed by atoms with Crippen molar-refractivity contribution in [1.82, 2.24) is 0 Å². The van der Waals surface area contributed by atoms with Crippen LogP contribution in [0, 0.1) is 17.3 Å². The summed E-state index contributed by atoms with van der Waals surface area (Å²) < 4.78 is 77.9. The van der Waals surface area contributed by atoms with Gasteiger partial charge in [0.2, 0.25) is 0 Å². The van der Waals surface area contributed by atoms with E-state index in [-0.39, 0.29) is 35.9 Å². The van der Waals surface area contributed by atoms with Gasteiger partial charge in [-0.05, 0) is 87.5 Å². The van der Waals surface area contributed by atoms with Crippen molar-refractivity contribution >= 4 is 0 Å². The molecule has 0 radical (unpaired) electrons. The molecule has 0 aromatic heterocycles. The molecule has 0 bridgehead atoms. The normalized spacial score (nSPS) is 32.1. The zero-order valence-electron chi connectivity index (χ0n) is 20.4. The highest BCUT2D eigenvalue weighted by Gasteiger charge is 2.68. The SMILES string of the molecule is C[C@H](C/C=C/C(O)(C(F)(F)F)C(F)(F)F)C1=CCCC2/C(=C/C=C3/CCC[C@H](O)C3)CCC[C@]12C. The molecular formula is C27H36F6O2. The van der Waals surface area contributed by atoms with E-state index in [0.29, 0.717) is 6.42 Å². The van der Waals surface area contributed by atoms with Crippen molar-refractivity contribution < 1.29 is 36.6 Å². The van der Waals surface area contributed by atoms with Crippen LogP contribution in [0.5, 0.6) is 0 Å². The first kappa shape index (κ1) is 28.0. The quantitative estimate of drug-likeness (QED) is 0.296. The van der Waals surface area contributed by atoms with E-state index in [2.05, 4.69) is 25.2 Å². The van der Waals surface area contributed by atoms with Gasteiger partial charge in [-0.25, -0.2) is 0 Å². The lowest BCUT2D eigenvalue weighted by Gasteiger charge is -2.49. The maximum atomic E-state index is 13.0. The third-order valence-electron chi connectivity index (χ3n) is 8.17. The Bertz CT molecular complexity index is 865. The Morgan fingerprint density at radius 3 is 2.37 bits per heavy atom. The fraction of sp³-hybridized carbons (Fsp3) is 0.704. The minimum atomic E-state index is -5.85. The summed E-state index contributed by atoms with van der Waals surface area (Å²) in [5.41, 5.74) is -1.40. The van der Waals surface area contributed by atoms with Crippen LogP contribution in [0.25, 0.3) is 0 Å². The summed E-state index contributed by atoms with van der Waals surface area (Å²) >= 11 is 0. The predicted octanol–water partition coefficient (Wildman–Crippen LogP) is 7.74. The molecule has 4 atom stereocenters. The number of allylic oxidation sites excluding steroid dienone is 6. The second-order valence-corrected chi connectivity index (χ2v) is 10.7. The van der Waals surface area contributed by atoms with Crippen LogP contribution in [-0.2, 0) is 0 Å². The van der Waals surface area contributed by atoms with Gasteiger partial charge < -0.3 is 10.2 Å². The maximum absolute atomic E-state index is 13.0. The van der Waals surface area contributed by atoms with Gasteiger partial charge in [0.1, 0.15) is 0 Å². The molecule has 2 saturated carbocycles. The Balaban J connectivity index is 1.77. The third-order valence-corrected chi connectivity index (χ3v) is 8.17. The fourth-order valence-electron chi connectivity index (χ4n) is 6.24. The van der Waals surface area contributed by atoms with Crippen molar-refractivity contribution in [3.8, 4) is 0 Å². The first-order valence-electron chi connectivity index (χ1n) is 12.5. The van der Waals surface area contributed by atoms with Crippen LogP contribution < -0.4 is 0 Å². The molecule has 2 N–H and O–H groups in total. The summed E-state index contributed by atoms with van der Waals surface area (Å²) in [6.07, 6.45) is 3.22. The van der Waals surface area contributed by atoms with Gasteiger partial charge in [-0.3, -0.25) is 0 Å². The number of rotatable bonds is 5. The van der Waals surface area contributed by atoms with Crippen molar-refractivity contribution in [1.29, 1.82) is 0 Å². The van der Waals surface area contributed by atoms with Crippen molar-refractivity contribution in [2.75, 3.05) is 0 Å². The molecule has 2 fully saturated rings. The van der Waals surface area contributed by atoms with Gasteiger partial charge in [-0.1, -0.05) is 54.9 Å². The average Bonchev–Trinajstić information content (AvgIpc) is 2.75. The Labute approximate surface area is 203 Å². The smallest absolute Gasteiger partial charge is 0.393 e. The molecule has 0 amide bonds. The third kappa shape index (κ3) is 5.90. The molecule has 0 saturated heterocycles. The van der Waals surface area contributed by atoms with Crippen LogP contribution in [0.2, 0.25) is 0 Å². The van der Waals surface area contributed by atoms with Crippen molar-refractivity contribution in [2.24, 2.45) is 17.3 Å². The molecule has 0 aromatic carbocycles. The number of fused-ring (bicyclic) bond motifs is 1. The zero-order valence-corrected chi connectivity index (χ0v) is 20.4. The van der Waals surface area contributed by atoms with E-state index in [9.17, 15) is 36.6 Å². The first-order valence-corrected chi connectivity index (χ1v) is 12.5. The second kappa shape index (κ2) is 10.4. The summed E-state index contributed by atoms with van der Waals surface area (Å²) in [5.74, 6) is 0.0197. The largest absolute Gasteiger partial charge is 0.429 e. The highest BCUT2D eigenvalue weighted by molar-refractivity contribution is 5.32. The summed E-state index contributed by atoms with van der Waals surface area (Å²) in [6, 6.07) is 0. The van der Waals surface area contributed by atoms with Gasteiger partial charge in [-0.2, -0.15) is 26.3 Å². The van der Waals surface area contributed by atoms with E-state index in [0.717, 1.165) is 63.0 Å². The maximum Gasteiger partial charge on any atom is 0.429 e. The Morgan fingerprint density at radius 2 is 1.74 bits per heavy atom. The molecule has 3 aliphatic rings. The molecule has 3 rings (SSSR count). The molecular weight excluding hydrogens is 470 g/mol. The molecule has 0 spiro atoms. The standard InChI is InChI=1S/C27H36F6O2/c1-18(7-5-16-25(35,26(28,29)30)27(31,32)33)22-11-4-12-23-20(9-6-15-24(22,23)2)14-13-19-8-3-10-21(34)17-19/h5,11,13-14,16,18,21,23,34-35H,3-4,6-10,12,15,17H2,1-2H3/b16-5+,19-13-,20-14+/t18-,21+,23?,24-/m1/s1. The Kier molecular flexibility index (Phi) is 8.37. The van der Waals surface area contributed by atoms with E-state index >= 15 is 0 Å². The number of hydrogen-bond acceptors (Lipinski definition) is 2. The van der Waals surface area contributed by atoms with E-state index in [1.807, 2.05) is 6.92 Å². The number of halogens is 6. The predicted molar refractivity (Wildman–Crippen MR) is 123 cm³/mol. The van der Waals surface area contributed by atoms with E-state index in [4.69, 9.17) is 0 Å². The molecule has 0 aromatic rings. The second-order valence-electron chi connectivity index (χ2n) is 10.7. The lowest BCUT2D eigenvalue weighted by molar-refractivity contribution is -0.347. The van der Waals surface area contributed by atoms with Crippen molar-refractivity contribution in [3.05, 3.63) is 47.1 Å². The summed E-state index contributed by atoms with van der Waals surface area (Å²) in [5, 5.41) is 19.3. The zero-order chi connectivity index (χ0) is 26.1. The molecule has 198 valence electrons. The highest BCUT2D eigenvalue weighted by atomic mass is 19.4. The van der Waals surface area contributed by atoms with Gasteiger partial charge in [0, 0.05) is 0 Å². The molecule has 8 heteroatoms. The molecule has 1 unspecified atom stereocenters. The Morgan fingerprint density at radius 1 is 1.06 bits per heavy atom. The summed E-state index contributed by atoms with van der Waals surface area (Å²) in [6.45, 7) is 3.99. The minimum Gasteiger partial charge on any atom is -0.393 e.